The monoisotopic (exact) mass is 196 g/mol. The molecule has 1 aliphatic carbocycles. The van der Waals surface area contributed by atoms with Gasteiger partial charge in [-0.05, 0) is 12.3 Å². The van der Waals surface area contributed by atoms with Gasteiger partial charge >= 0.3 is 12.2 Å². The van der Waals surface area contributed by atoms with Crippen LogP contribution in [0.4, 0.5) is 18.0 Å². The van der Waals surface area contributed by atoms with Crippen molar-refractivity contribution in [2.75, 3.05) is 6.54 Å². The number of nitrogens with one attached hydrogen (secondary N) is 2. The van der Waals surface area contributed by atoms with E-state index in [0.717, 1.165) is 6.42 Å². The molecule has 0 saturated heterocycles. The molecule has 0 aromatic rings. The maximum Gasteiger partial charge on any atom is 0.405 e. The van der Waals surface area contributed by atoms with Gasteiger partial charge in [-0.3, -0.25) is 0 Å². The van der Waals surface area contributed by atoms with Crippen LogP contribution >= 0.6 is 0 Å². The van der Waals surface area contributed by atoms with Crippen LogP contribution in [0.25, 0.3) is 0 Å². The van der Waals surface area contributed by atoms with Gasteiger partial charge in [-0.2, -0.15) is 13.2 Å². The first-order valence-electron chi connectivity index (χ1n) is 3.99. The molecule has 1 rings (SSSR count). The van der Waals surface area contributed by atoms with Crippen LogP contribution in [0.5, 0.6) is 0 Å². The van der Waals surface area contributed by atoms with Gasteiger partial charge in [-0.1, -0.05) is 6.92 Å². The van der Waals surface area contributed by atoms with Gasteiger partial charge in [-0.15, -0.1) is 0 Å². The molecule has 0 aliphatic heterocycles. The zero-order chi connectivity index (χ0) is 10.1. The van der Waals surface area contributed by atoms with E-state index in [9.17, 15) is 18.0 Å². The van der Waals surface area contributed by atoms with Crippen LogP contribution in [0.15, 0.2) is 0 Å². The molecule has 1 aliphatic rings. The topological polar surface area (TPSA) is 41.1 Å². The summed E-state index contributed by atoms with van der Waals surface area (Å²) in [6.45, 7) is 0.647. The van der Waals surface area contributed by atoms with Crippen LogP contribution in [-0.4, -0.2) is 24.8 Å². The zero-order valence-electron chi connectivity index (χ0n) is 7.11. The van der Waals surface area contributed by atoms with Crippen molar-refractivity contribution in [3.8, 4) is 0 Å². The fraction of sp³-hybridized carbons (Fsp3) is 0.857. The number of amides is 2. The van der Waals surface area contributed by atoms with E-state index in [0.29, 0.717) is 5.92 Å². The van der Waals surface area contributed by atoms with Gasteiger partial charge in [0.25, 0.3) is 0 Å². The van der Waals surface area contributed by atoms with Crippen molar-refractivity contribution < 1.29 is 18.0 Å². The molecule has 13 heavy (non-hydrogen) atoms. The van der Waals surface area contributed by atoms with Gasteiger partial charge in [0.2, 0.25) is 0 Å². The first kappa shape index (κ1) is 10.1. The summed E-state index contributed by atoms with van der Waals surface area (Å²) in [5, 5.41) is 4.17. The van der Waals surface area contributed by atoms with Gasteiger partial charge < -0.3 is 10.6 Å². The van der Waals surface area contributed by atoms with Crippen LogP contribution in [0.2, 0.25) is 0 Å². The number of hydrogen-bond acceptors (Lipinski definition) is 1. The number of halogens is 3. The predicted octanol–water partition coefficient (Wildman–Crippen LogP) is 1.26. The minimum atomic E-state index is -4.34. The lowest BCUT2D eigenvalue weighted by atomic mass is 10.5. The Morgan fingerprint density at radius 3 is 2.46 bits per heavy atom. The molecule has 2 atom stereocenters. The lowest BCUT2D eigenvalue weighted by molar-refractivity contribution is -0.122. The van der Waals surface area contributed by atoms with Gasteiger partial charge in [-0.25, -0.2) is 4.79 Å². The summed E-state index contributed by atoms with van der Waals surface area (Å²) in [6.07, 6.45) is -3.49. The zero-order valence-corrected chi connectivity index (χ0v) is 7.11. The quantitative estimate of drug-likeness (QED) is 0.685. The van der Waals surface area contributed by atoms with Crippen molar-refractivity contribution in [3.05, 3.63) is 0 Å². The minimum Gasteiger partial charge on any atom is -0.335 e. The number of hydrogen-bond donors (Lipinski definition) is 2. The number of rotatable bonds is 2. The molecule has 0 unspecified atom stereocenters. The molecule has 6 heteroatoms. The van der Waals surface area contributed by atoms with E-state index in [1.807, 2.05) is 6.92 Å². The molecular weight excluding hydrogens is 185 g/mol. The maximum absolute atomic E-state index is 11.6. The molecule has 0 radical (unpaired) electrons. The Labute approximate surface area is 73.7 Å². The van der Waals surface area contributed by atoms with Crippen molar-refractivity contribution in [2.24, 2.45) is 5.92 Å². The second kappa shape index (κ2) is 3.43. The van der Waals surface area contributed by atoms with E-state index in [1.165, 1.54) is 0 Å². The first-order chi connectivity index (χ1) is 5.88. The van der Waals surface area contributed by atoms with Crippen LogP contribution < -0.4 is 10.6 Å². The highest BCUT2D eigenvalue weighted by Gasteiger charge is 2.34. The summed E-state index contributed by atoms with van der Waals surface area (Å²) in [5.41, 5.74) is 0. The fourth-order valence-electron chi connectivity index (χ4n) is 0.923. The normalized spacial score (nSPS) is 26.8. The SMILES string of the molecule is C[C@@H]1C[C@H]1NC(=O)NCC(F)(F)F. The predicted molar refractivity (Wildman–Crippen MR) is 40.2 cm³/mol. The largest absolute Gasteiger partial charge is 0.405 e. The summed E-state index contributed by atoms with van der Waals surface area (Å²) in [7, 11) is 0. The Morgan fingerprint density at radius 1 is 1.54 bits per heavy atom. The van der Waals surface area contributed by atoms with E-state index in [4.69, 9.17) is 0 Å². The third-order valence-electron chi connectivity index (χ3n) is 1.88. The summed E-state index contributed by atoms with van der Waals surface area (Å²) < 4.78 is 34.8. The van der Waals surface area contributed by atoms with Crippen LogP contribution in [-0.2, 0) is 0 Å². The Morgan fingerprint density at radius 2 is 2.08 bits per heavy atom. The van der Waals surface area contributed by atoms with Crippen LogP contribution in [0, 0.1) is 5.92 Å². The second-order valence-corrected chi connectivity index (χ2v) is 3.26. The van der Waals surface area contributed by atoms with Crippen LogP contribution in [0.1, 0.15) is 13.3 Å². The lowest BCUT2D eigenvalue weighted by Crippen LogP contribution is -2.41. The molecule has 1 fully saturated rings. The Hall–Kier alpha value is -0.940. The standard InChI is InChI=1S/C7H11F3N2O/c1-4-2-5(4)12-6(13)11-3-7(8,9)10/h4-5H,2-3H2,1H3,(H2,11,12,13)/t4-,5-/m1/s1. The molecule has 76 valence electrons. The van der Waals surface area contributed by atoms with Crippen LogP contribution in [0.3, 0.4) is 0 Å². The van der Waals surface area contributed by atoms with Crippen molar-refractivity contribution >= 4 is 6.03 Å². The molecule has 2 N–H and O–H groups in total. The average molecular weight is 196 g/mol. The highest BCUT2D eigenvalue weighted by atomic mass is 19.4. The van der Waals surface area contributed by atoms with Crippen molar-refractivity contribution in [1.29, 1.82) is 0 Å². The van der Waals surface area contributed by atoms with E-state index >= 15 is 0 Å². The van der Waals surface area contributed by atoms with E-state index in [1.54, 1.807) is 5.32 Å². The van der Waals surface area contributed by atoms with E-state index < -0.39 is 18.8 Å². The highest BCUT2D eigenvalue weighted by Crippen LogP contribution is 2.28. The lowest BCUT2D eigenvalue weighted by Gasteiger charge is -2.08. The Kier molecular flexibility index (Phi) is 2.68. The van der Waals surface area contributed by atoms with Gasteiger partial charge in [0.1, 0.15) is 6.54 Å². The van der Waals surface area contributed by atoms with Gasteiger partial charge in [0.15, 0.2) is 0 Å². The van der Waals surface area contributed by atoms with Gasteiger partial charge in [0.05, 0.1) is 0 Å². The van der Waals surface area contributed by atoms with E-state index in [2.05, 4.69) is 5.32 Å². The molecular formula is C7H11F3N2O. The molecule has 0 heterocycles. The Bertz CT molecular complexity index is 204. The third kappa shape index (κ3) is 4.00. The average Bonchev–Trinajstić information content (AvgIpc) is 2.61. The fourth-order valence-corrected chi connectivity index (χ4v) is 0.923. The smallest absolute Gasteiger partial charge is 0.335 e. The van der Waals surface area contributed by atoms with Crippen molar-refractivity contribution in [2.45, 2.75) is 25.6 Å². The molecule has 0 aromatic heterocycles. The summed E-state index contributed by atoms with van der Waals surface area (Å²) in [5.74, 6) is 0.386. The highest BCUT2D eigenvalue weighted by molar-refractivity contribution is 5.74. The number of alkyl halides is 3. The molecule has 2 amide bonds. The molecule has 0 aromatic carbocycles. The second-order valence-electron chi connectivity index (χ2n) is 3.26. The Balaban J connectivity index is 2.11. The maximum atomic E-state index is 11.6. The number of carbonyl (C=O) groups is 1. The first-order valence-corrected chi connectivity index (χ1v) is 3.99. The van der Waals surface area contributed by atoms with Crippen molar-refractivity contribution in [1.82, 2.24) is 10.6 Å². The summed E-state index contributed by atoms with van der Waals surface area (Å²) in [6, 6.07) is -0.695. The van der Waals surface area contributed by atoms with E-state index in [-0.39, 0.29) is 6.04 Å². The summed E-state index contributed by atoms with van der Waals surface area (Å²) >= 11 is 0. The number of urea groups is 1. The summed E-state index contributed by atoms with van der Waals surface area (Å²) in [4.78, 5) is 10.8. The van der Waals surface area contributed by atoms with Crippen molar-refractivity contribution in [3.63, 3.8) is 0 Å². The molecule has 0 spiro atoms. The number of carbonyl (C=O) groups excluding carboxylic acids is 1. The third-order valence-corrected chi connectivity index (χ3v) is 1.88. The molecule has 1 saturated carbocycles. The van der Waals surface area contributed by atoms with Gasteiger partial charge in [0, 0.05) is 6.04 Å². The molecule has 0 bridgehead atoms. The minimum absolute atomic E-state index is 0.0493. The molecule has 3 nitrogen and oxygen atoms in total.